The van der Waals surface area contributed by atoms with E-state index in [0.717, 1.165) is 12.1 Å². The third-order valence-electron chi connectivity index (χ3n) is 5.02. The summed E-state index contributed by atoms with van der Waals surface area (Å²) in [5.74, 6) is -0.659. The average molecular weight is 410 g/mol. The number of rotatable bonds is 5. The molecule has 30 heavy (non-hydrogen) atoms. The number of piperidine rings is 1. The maximum Gasteiger partial charge on any atom is 0.339 e. The Bertz CT molecular complexity index is 960. The van der Waals surface area contributed by atoms with Crippen molar-refractivity contribution in [3.63, 3.8) is 0 Å². The molecule has 1 N–H and O–H groups in total. The Labute approximate surface area is 175 Å². The van der Waals surface area contributed by atoms with Gasteiger partial charge in [-0.2, -0.15) is 0 Å². The molecule has 3 heterocycles. The van der Waals surface area contributed by atoms with E-state index >= 15 is 0 Å². The summed E-state index contributed by atoms with van der Waals surface area (Å²) in [6.45, 7) is 6.41. The first-order chi connectivity index (χ1) is 14.4. The summed E-state index contributed by atoms with van der Waals surface area (Å²) in [5, 5.41) is 2.84. The number of pyridine rings is 2. The van der Waals surface area contributed by atoms with Crippen molar-refractivity contribution in [2.45, 2.75) is 33.6 Å². The van der Waals surface area contributed by atoms with Gasteiger partial charge in [0.1, 0.15) is 11.5 Å². The monoisotopic (exact) mass is 410 g/mol. The predicted molar refractivity (Wildman–Crippen MR) is 111 cm³/mol. The number of carbonyl (C=O) groups is 3. The van der Waals surface area contributed by atoms with Crippen molar-refractivity contribution in [3.8, 4) is 0 Å². The van der Waals surface area contributed by atoms with E-state index in [-0.39, 0.29) is 30.0 Å². The average Bonchev–Trinajstić information content (AvgIpc) is 2.73. The molecule has 0 saturated carbocycles. The molecule has 0 bridgehead atoms. The highest BCUT2D eigenvalue weighted by atomic mass is 16.5. The Kier molecular flexibility index (Phi) is 6.76. The Morgan fingerprint density at radius 3 is 2.67 bits per heavy atom. The van der Waals surface area contributed by atoms with Gasteiger partial charge in [0.25, 0.3) is 5.91 Å². The summed E-state index contributed by atoms with van der Waals surface area (Å²) < 4.78 is 5.00. The van der Waals surface area contributed by atoms with E-state index in [1.807, 2.05) is 19.1 Å². The minimum Gasteiger partial charge on any atom is -0.462 e. The zero-order valence-electron chi connectivity index (χ0n) is 17.5. The number of aromatic nitrogens is 2. The lowest BCUT2D eigenvalue weighted by Crippen LogP contribution is -2.44. The van der Waals surface area contributed by atoms with Gasteiger partial charge in [-0.25, -0.2) is 14.8 Å². The standard InChI is InChI=1S/C22H26N4O4/c1-4-30-22(29)17-10-11-18(24-15(17)3)21(28)26-12-6-8-16(13-26)20(27)25-19-9-5-7-14(2)23-19/h5,7,9-11,16H,4,6,8,12-13H2,1-3H3,(H,23,25,27). The van der Waals surface area contributed by atoms with Crippen LogP contribution in [0.4, 0.5) is 5.82 Å². The third-order valence-corrected chi connectivity index (χ3v) is 5.02. The van der Waals surface area contributed by atoms with E-state index in [1.165, 1.54) is 6.07 Å². The van der Waals surface area contributed by atoms with E-state index in [9.17, 15) is 14.4 Å². The van der Waals surface area contributed by atoms with Crippen molar-refractivity contribution in [3.05, 3.63) is 53.0 Å². The van der Waals surface area contributed by atoms with Crippen LogP contribution in [0.1, 0.15) is 52.0 Å². The van der Waals surface area contributed by atoms with Crippen molar-refractivity contribution in [1.82, 2.24) is 14.9 Å². The number of likely N-dealkylation sites (tertiary alicyclic amines) is 1. The number of nitrogens with zero attached hydrogens (tertiary/aromatic N) is 3. The van der Waals surface area contributed by atoms with Gasteiger partial charge >= 0.3 is 5.97 Å². The zero-order chi connectivity index (χ0) is 21.7. The van der Waals surface area contributed by atoms with Crippen LogP contribution in [0.3, 0.4) is 0 Å². The molecule has 8 nitrogen and oxygen atoms in total. The van der Waals surface area contributed by atoms with Crippen molar-refractivity contribution < 1.29 is 19.1 Å². The molecule has 2 amide bonds. The maximum atomic E-state index is 12.9. The van der Waals surface area contributed by atoms with Crippen LogP contribution in [0.2, 0.25) is 0 Å². The summed E-state index contributed by atoms with van der Waals surface area (Å²) in [6, 6.07) is 8.53. The number of anilines is 1. The summed E-state index contributed by atoms with van der Waals surface area (Å²) in [5.41, 5.74) is 1.86. The number of amides is 2. The second-order valence-electron chi connectivity index (χ2n) is 7.29. The van der Waals surface area contributed by atoms with Gasteiger partial charge in [-0.3, -0.25) is 9.59 Å². The van der Waals surface area contributed by atoms with Gasteiger partial charge in [-0.15, -0.1) is 0 Å². The smallest absolute Gasteiger partial charge is 0.339 e. The van der Waals surface area contributed by atoms with Gasteiger partial charge in [-0.05, 0) is 57.9 Å². The highest BCUT2D eigenvalue weighted by Gasteiger charge is 2.30. The van der Waals surface area contributed by atoms with Gasteiger partial charge in [0.15, 0.2) is 0 Å². The molecule has 158 valence electrons. The molecule has 2 aromatic heterocycles. The Balaban J connectivity index is 1.67. The lowest BCUT2D eigenvalue weighted by molar-refractivity contribution is -0.121. The molecule has 3 rings (SSSR count). The molecule has 1 aliphatic heterocycles. The lowest BCUT2D eigenvalue weighted by Gasteiger charge is -2.31. The number of nitrogens with one attached hydrogen (secondary N) is 1. The topological polar surface area (TPSA) is 101 Å². The first-order valence-electron chi connectivity index (χ1n) is 10.1. The normalized spacial score (nSPS) is 16.1. The molecule has 1 atom stereocenters. The maximum absolute atomic E-state index is 12.9. The summed E-state index contributed by atoms with van der Waals surface area (Å²) >= 11 is 0. The summed E-state index contributed by atoms with van der Waals surface area (Å²) in [6.07, 6.45) is 1.43. The van der Waals surface area contributed by atoms with Crippen LogP contribution in [-0.4, -0.2) is 52.3 Å². The van der Waals surface area contributed by atoms with Crippen LogP contribution >= 0.6 is 0 Å². The molecule has 0 radical (unpaired) electrons. The van der Waals surface area contributed by atoms with E-state index in [1.54, 1.807) is 30.9 Å². The molecule has 8 heteroatoms. The van der Waals surface area contributed by atoms with Crippen LogP contribution in [0.15, 0.2) is 30.3 Å². The lowest BCUT2D eigenvalue weighted by atomic mass is 9.96. The molecule has 1 fully saturated rings. The number of ether oxygens (including phenoxy) is 1. The number of aryl methyl sites for hydroxylation is 2. The predicted octanol–water partition coefficient (Wildman–Crippen LogP) is 2.76. The number of esters is 1. The van der Waals surface area contributed by atoms with Crippen LogP contribution < -0.4 is 5.32 Å². The minimum atomic E-state index is -0.457. The first kappa shape index (κ1) is 21.4. The van der Waals surface area contributed by atoms with E-state index in [0.29, 0.717) is 36.6 Å². The van der Waals surface area contributed by atoms with Gasteiger partial charge in [-0.1, -0.05) is 6.07 Å². The third kappa shape index (κ3) is 5.00. The molecule has 1 unspecified atom stereocenters. The molecule has 0 aliphatic carbocycles. The zero-order valence-corrected chi connectivity index (χ0v) is 17.5. The molecular weight excluding hydrogens is 384 g/mol. The fraction of sp³-hybridized carbons (Fsp3) is 0.409. The van der Waals surface area contributed by atoms with Gasteiger partial charge in [0.05, 0.1) is 23.8 Å². The van der Waals surface area contributed by atoms with Gasteiger partial charge in [0.2, 0.25) is 5.91 Å². The molecule has 0 aromatic carbocycles. The van der Waals surface area contributed by atoms with Crippen molar-refractivity contribution in [2.24, 2.45) is 5.92 Å². The van der Waals surface area contributed by atoms with Crippen LogP contribution in [0.5, 0.6) is 0 Å². The Hall–Kier alpha value is -3.29. The first-order valence-corrected chi connectivity index (χ1v) is 10.1. The number of hydrogen-bond donors (Lipinski definition) is 1. The number of carbonyl (C=O) groups excluding carboxylic acids is 3. The van der Waals surface area contributed by atoms with Crippen LogP contribution in [-0.2, 0) is 9.53 Å². The molecule has 0 spiro atoms. The van der Waals surface area contributed by atoms with Crippen LogP contribution in [0.25, 0.3) is 0 Å². The van der Waals surface area contributed by atoms with Crippen molar-refractivity contribution in [1.29, 1.82) is 0 Å². The molecule has 1 saturated heterocycles. The Morgan fingerprint density at radius 1 is 1.17 bits per heavy atom. The second-order valence-corrected chi connectivity index (χ2v) is 7.29. The van der Waals surface area contributed by atoms with Crippen molar-refractivity contribution in [2.75, 3.05) is 25.0 Å². The van der Waals surface area contributed by atoms with Crippen molar-refractivity contribution >= 4 is 23.6 Å². The molecule has 2 aromatic rings. The summed E-state index contributed by atoms with van der Waals surface area (Å²) in [7, 11) is 0. The van der Waals surface area contributed by atoms with Gasteiger partial charge < -0.3 is 15.0 Å². The summed E-state index contributed by atoms with van der Waals surface area (Å²) in [4.78, 5) is 47.8. The molecular formula is C22H26N4O4. The second kappa shape index (κ2) is 9.47. The minimum absolute atomic E-state index is 0.146. The van der Waals surface area contributed by atoms with E-state index < -0.39 is 5.97 Å². The SMILES string of the molecule is CCOC(=O)c1ccc(C(=O)N2CCCC(C(=O)Nc3cccc(C)n3)C2)nc1C. The quantitative estimate of drug-likeness (QED) is 0.761. The van der Waals surface area contributed by atoms with Crippen LogP contribution in [0, 0.1) is 19.8 Å². The fourth-order valence-corrected chi connectivity index (χ4v) is 3.48. The van der Waals surface area contributed by atoms with Gasteiger partial charge in [0, 0.05) is 18.8 Å². The highest BCUT2D eigenvalue weighted by Crippen LogP contribution is 2.20. The van der Waals surface area contributed by atoms with E-state index in [2.05, 4.69) is 15.3 Å². The largest absolute Gasteiger partial charge is 0.462 e. The highest BCUT2D eigenvalue weighted by molar-refractivity contribution is 5.96. The fourth-order valence-electron chi connectivity index (χ4n) is 3.48. The van der Waals surface area contributed by atoms with E-state index in [4.69, 9.17) is 4.74 Å². The molecule has 1 aliphatic rings. The number of hydrogen-bond acceptors (Lipinski definition) is 6. The Morgan fingerprint density at radius 2 is 1.97 bits per heavy atom.